The number of hydrogen-bond donors (Lipinski definition) is 0. The van der Waals surface area contributed by atoms with Gasteiger partial charge in [0, 0.05) is 6.42 Å². The molecule has 0 radical (unpaired) electrons. The lowest BCUT2D eigenvalue weighted by Crippen LogP contribution is -2.14. The van der Waals surface area contributed by atoms with Crippen LogP contribution in [-0.4, -0.2) is 12.9 Å². The lowest BCUT2D eigenvalue weighted by molar-refractivity contribution is -0.116. The lowest BCUT2D eigenvalue weighted by atomic mass is 9.81. The molecular formula is C14H16O2. The average molecular weight is 216 g/mol. The summed E-state index contributed by atoms with van der Waals surface area (Å²) in [5, 5.41) is 0. The minimum atomic E-state index is 0.227. The van der Waals surface area contributed by atoms with E-state index in [1.807, 2.05) is 12.1 Å². The zero-order valence-corrected chi connectivity index (χ0v) is 9.53. The Bertz CT molecular complexity index is 403. The molecule has 2 nitrogen and oxygen atoms in total. The van der Waals surface area contributed by atoms with Gasteiger partial charge < -0.3 is 4.74 Å². The largest absolute Gasteiger partial charge is 0.497 e. The molecule has 0 aliphatic heterocycles. The van der Waals surface area contributed by atoms with E-state index in [1.165, 1.54) is 5.56 Å². The Balaban J connectivity index is 2.12. The van der Waals surface area contributed by atoms with Crippen LogP contribution in [0.5, 0.6) is 5.75 Å². The van der Waals surface area contributed by atoms with E-state index in [-0.39, 0.29) is 5.78 Å². The highest BCUT2D eigenvalue weighted by atomic mass is 16.5. The highest BCUT2D eigenvalue weighted by molar-refractivity contribution is 5.95. The zero-order chi connectivity index (χ0) is 11.5. The molecule has 0 saturated heterocycles. The molecule has 84 valence electrons. The zero-order valence-electron chi connectivity index (χ0n) is 9.53. The van der Waals surface area contributed by atoms with Crippen molar-refractivity contribution in [2.45, 2.75) is 25.2 Å². The van der Waals surface area contributed by atoms with Gasteiger partial charge in [-0.2, -0.15) is 0 Å². The first-order valence-electron chi connectivity index (χ1n) is 5.55. The first kappa shape index (κ1) is 10.9. The molecule has 0 amide bonds. The number of ether oxygens (including phenoxy) is 1. The van der Waals surface area contributed by atoms with E-state index in [4.69, 9.17) is 4.74 Å². The van der Waals surface area contributed by atoms with Crippen molar-refractivity contribution >= 4 is 5.78 Å². The van der Waals surface area contributed by atoms with Gasteiger partial charge in [-0.05, 0) is 42.0 Å². The molecule has 2 heteroatoms. The molecule has 1 fully saturated rings. The number of hydrogen-bond acceptors (Lipinski definition) is 2. The molecule has 2 rings (SSSR count). The second-order valence-electron chi connectivity index (χ2n) is 4.24. The molecule has 1 aromatic rings. The van der Waals surface area contributed by atoms with E-state index in [0.29, 0.717) is 12.3 Å². The topological polar surface area (TPSA) is 26.3 Å². The molecule has 1 atom stereocenters. The van der Waals surface area contributed by atoms with Crippen molar-refractivity contribution in [2.75, 3.05) is 7.11 Å². The SMILES string of the molecule is C=C1CC(c2ccc(OC)cc2)CCC1=O. The van der Waals surface area contributed by atoms with Crippen LogP contribution in [0.4, 0.5) is 0 Å². The lowest BCUT2D eigenvalue weighted by Gasteiger charge is -2.23. The number of methoxy groups -OCH3 is 1. The summed E-state index contributed by atoms with van der Waals surface area (Å²) in [6.45, 7) is 3.83. The van der Waals surface area contributed by atoms with Crippen LogP contribution in [0.2, 0.25) is 0 Å². The third-order valence-electron chi connectivity index (χ3n) is 3.19. The molecule has 0 spiro atoms. The van der Waals surface area contributed by atoms with E-state index in [0.717, 1.165) is 24.2 Å². The van der Waals surface area contributed by atoms with Gasteiger partial charge in [-0.1, -0.05) is 18.7 Å². The predicted molar refractivity (Wildman–Crippen MR) is 63.7 cm³/mol. The number of carbonyl (C=O) groups is 1. The minimum absolute atomic E-state index is 0.227. The van der Waals surface area contributed by atoms with Crippen LogP contribution in [0.15, 0.2) is 36.4 Å². The van der Waals surface area contributed by atoms with Crippen molar-refractivity contribution in [3.05, 3.63) is 42.0 Å². The van der Waals surface area contributed by atoms with Crippen LogP contribution in [0.3, 0.4) is 0 Å². The fourth-order valence-electron chi connectivity index (χ4n) is 2.16. The summed E-state index contributed by atoms with van der Waals surface area (Å²) in [5.74, 6) is 1.54. The Hall–Kier alpha value is -1.57. The molecule has 0 bridgehead atoms. The maximum Gasteiger partial charge on any atom is 0.158 e. The molecule has 1 aliphatic rings. The van der Waals surface area contributed by atoms with Crippen molar-refractivity contribution in [3.8, 4) is 5.75 Å². The second-order valence-corrected chi connectivity index (χ2v) is 4.24. The van der Waals surface area contributed by atoms with Gasteiger partial charge in [0.1, 0.15) is 5.75 Å². The van der Waals surface area contributed by atoms with Gasteiger partial charge in [0.05, 0.1) is 7.11 Å². The molecule has 16 heavy (non-hydrogen) atoms. The van der Waals surface area contributed by atoms with E-state index >= 15 is 0 Å². The minimum Gasteiger partial charge on any atom is -0.497 e. The molecule has 1 saturated carbocycles. The molecule has 1 aliphatic carbocycles. The Kier molecular flexibility index (Phi) is 3.09. The van der Waals surface area contributed by atoms with Gasteiger partial charge in [-0.3, -0.25) is 4.79 Å². The highest BCUT2D eigenvalue weighted by Crippen LogP contribution is 2.33. The number of benzene rings is 1. The molecule has 0 heterocycles. The van der Waals surface area contributed by atoms with Crippen LogP contribution in [0.1, 0.15) is 30.7 Å². The van der Waals surface area contributed by atoms with Crippen molar-refractivity contribution in [2.24, 2.45) is 0 Å². The van der Waals surface area contributed by atoms with E-state index < -0.39 is 0 Å². The van der Waals surface area contributed by atoms with Gasteiger partial charge in [0.25, 0.3) is 0 Å². The summed E-state index contributed by atoms with van der Waals surface area (Å²) in [4.78, 5) is 11.4. The predicted octanol–water partition coefficient (Wildman–Crippen LogP) is 3.09. The quantitative estimate of drug-likeness (QED) is 0.710. The second kappa shape index (κ2) is 4.52. The fourth-order valence-corrected chi connectivity index (χ4v) is 2.16. The Morgan fingerprint density at radius 1 is 1.31 bits per heavy atom. The highest BCUT2D eigenvalue weighted by Gasteiger charge is 2.22. The van der Waals surface area contributed by atoms with Gasteiger partial charge in [-0.15, -0.1) is 0 Å². The summed E-state index contributed by atoms with van der Waals surface area (Å²) in [7, 11) is 1.66. The summed E-state index contributed by atoms with van der Waals surface area (Å²) < 4.78 is 5.12. The van der Waals surface area contributed by atoms with E-state index in [9.17, 15) is 4.79 Å². The van der Waals surface area contributed by atoms with Crippen LogP contribution >= 0.6 is 0 Å². The average Bonchev–Trinajstić information content (AvgIpc) is 2.33. The summed E-state index contributed by atoms with van der Waals surface area (Å²) in [6, 6.07) is 8.09. The Morgan fingerprint density at radius 2 is 2.00 bits per heavy atom. The van der Waals surface area contributed by atoms with E-state index in [1.54, 1.807) is 7.11 Å². The molecule has 0 N–H and O–H groups in total. The van der Waals surface area contributed by atoms with Crippen molar-refractivity contribution in [1.82, 2.24) is 0 Å². The summed E-state index contributed by atoms with van der Waals surface area (Å²) >= 11 is 0. The first-order chi connectivity index (χ1) is 7.70. The Labute approximate surface area is 95.9 Å². The number of carbonyl (C=O) groups excluding carboxylic acids is 1. The molecule has 1 aromatic carbocycles. The van der Waals surface area contributed by atoms with Crippen LogP contribution in [0.25, 0.3) is 0 Å². The Morgan fingerprint density at radius 3 is 2.56 bits per heavy atom. The van der Waals surface area contributed by atoms with Gasteiger partial charge in [0.15, 0.2) is 5.78 Å². The number of rotatable bonds is 2. The third-order valence-corrected chi connectivity index (χ3v) is 3.19. The first-order valence-corrected chi connectivity index (χ1v) is 5.55. The van der Waals surface area contributed by atoms with Crippen molar-refractivity contribution < 1.29 is 9.53 Å². The normalized spacial score (nSPS) is 20.9. The summed E-state index contributed by atoms with van der Waals surface area (Å²) in [5.41, 5.74) is 2.04. The van der Waals surface area contributed by atoms with Gasteiger partial charge in [0.2, 0.25) is 0 Å². The third kappa shape index (κ3) is 2.16. The maximum absolute atomic E-state index is 11.4. The van der Waals surface area contributed by atoms with Gasteiger partial charge >= 0.3 is 0 Å². The van der Waals surface area contributed by atoms with Crippen LogP contribution < -0.4 is 4.74 Å². The fraction of sp³-hybridized carbons (Fsp3) is 0.357. The summed E-state index contributed by atoms with van der Waals surface area (Å²) in [6.07, 6.45) is 2.37. The monoisotopic (exact) mass is 216 g/mol. The molecule has 0 aromatic heterocycles. The van der Waals surface area contributed by atoms with Crippen LogP contribution in [-0.2, 0) is 4.79 Å². The van der Waals surface area contributed by atoms with Crippen molar-refractivity contribution in [3.63, 3.8) is 0 Å². The van der Waals surface area contributed by atoms with E-state index in [2.05, 4.69) is 18.7 Å². The molecular weight excluding hydrogens is 200 g/mol. The maximum atomic E-state index is 11.4. The molecule has 1 unspecified atom stereocenters. The number of allylic oxidation sites excluding steroid dienone is 1. The van der Waals surface area contributed by atoms with Crippen LogP contribution in [0, 0.1) is 0 Å². The smallest absolute Gasteiger partial charge is 0.158 e. The number of ketones is 1. The number of Topliss-reactive ketones (excluding diaryl/α,β-unsaturated/α-hetero) is 1. The van der Waals surface area contributed by atoms with Gasteiger partial charge in [-0.25, -0.2) is 0 Å². The van der Waals surface area contributed by atoms with Crippen molar-refractivity contribution in [1.29, 1.82) is 0 Å². The standard InChI is InChI=1S/C14H16O2/c1-10-9-12(5-8-14(10)15)11-3-6-13(16-2)7-4-11/h3-4,6-7,12H,1,5,8-9H2,2H3.